The van der Waals surface area contributed by atoms with Gasteiger partial charge in [-0.2, -0.15) is 44.3 Å². The fourth-order valence-electron chi connectivity index (χ4n) is 16.6. The summed E-state index contributed by atoms with van der Waals surface area (Å²) in [6, 6.07) is 10.5. The van der Waals surface area contributed by atoms with Crippen LogP contribution < -0.4 is 59.7 Å². The van der Waals surface area contributed by atoms with Crippen LogP contribution in [0.25, 0.3) is 0 Å². The molecule has 9 aromatic rings. The van der Waals surface area contributed by atoms with Crippen molar-refractivity contribution in [2.75, 3.05) is 139 Å². The Labute approximate surface area is 819 Å². The number of urea groups is 1. The van der Waals surface area contributed by atoms with Gasteiger partial charge in [-0.05, 0) is 191 Å². The third-order valence-corrected chi connectivity index (χ3v) is 27.6. The normalized spacial score (nSPS) is 18.7. The number of nitrogens with zero attached hydrogens (tertiary/aromatic N) is 14. The number of ether oxygens (including phenoxy) is 12. The van der Waals surface area contributed by atoms with E-state index < -0.39 is 36.2 Å². The average molecular weight is 2130 g/mol. The monoisotopic (exact) mass is 2120 g/mol. The number of halogens is 4. The zero-order valence-electron chi connectivity index (χ0n) is 76.4. The Hall–Kier alpha value is -8.72. The first kappa shape index (κ1) is 110. The van der Waals surface area contributed by atoms with E-state index in [2.05, 4.69) is 109 Å². The van der Waals surface area contributed by atoms with Gasteiger partial charge < -0.3 is 88.8 Å². The molecule has 20 rings (SSSR count). The molecule has 6 atom stereocenters. The summed E-state index contributed by atoms with van der Waals surface area (Å²) in [6.45, 7) is 15.4. The van der Waals surface area contributed by atoms with Crippen molar-refractivity contribution < 1.29 is 102 Å². The number of nitrogens with one attached hydrogen (secondary N) is 2. The molecule has 4 aliphatic carbocycles. The quantitative estimate of drug-likeness (QED) is 0.0182. The van der Waals surface area contributed by atoms with E-state index in [0.29, 0.717) is 102 Å². The van der Waals surface area contributed by atoms with Crippen molar-refractivity contribution in [3.05, 3.63) is 137 Å². The number of aromatic nitrogens is 12. The molecular formula is C85H119BBr2Cl2N19O22S4. The second kappa shape index (κ2) is 52.9. The Bertz CT molecular complexity index is 5650. The number of hydrogen-bond donors (Lipinski definition) is 7. The molecule has 11 aliphatic rings. The summed E-state index contributed by atoms with van der Waals surface area (Å²) in [5.41, 5.74) is 19.5. The molecule has 3 aromatic carbocycles. The second-order valence-electron chi connectivity index (χ2n) is 32.7. The van der Waals surface area contributed by atoms with Gasteiger partial charge in [-0.3, -0.25) is 0 Å². The van der Waals surface area contributed by atoms with E-state index in [9.17, 15) is 30.0 Å². The Kier molecular flexibility index (Phi) is 43.1. The molecular weight excluding hydrogens is 2010 g/mol. The topological polar surface area (TPSA) is 545 Å². The Morgan fingerprint density at radius 2 is 0.926 bits per heavy atom. The number of sulfonamides is 2. The SMILES string of the molecule is C1CCOC1.CC#N.COCC1COc2c(Br)cnn2C1.COCC1COc2c(Br)cnn2C1.COCC1COc2c(S(=O)(=O)NC(=O)Nc3c4c(cc5c3CCC5)CCC4)cnn2C1.COCC1COc2c(S(=O)(=O)Oc3c(C)cc(Cl)cc3Cl)cnn2C1.COCC1COc2c(S(N)(=O)=O)cnn2C1.N.Nc1c2c(cc3c1CCC3)CCC2.O.OCC1COc2ccnn2C1.[B]=NS. The van der Waals surface area contributed by atoms with Crippen LogP contribution >= 0.6 is 67.9 Å². The molecule has 50 heteroatoms. The van der Waals surface area contributed by atoms with Gasteiger partial charge in [-0.25, -0.2) is 59.6 Å². The predicted octanol–water partition coefficient (Wildman–Crippen LogP) is 9.71. The van der Waals surface area contributed by atoms with Gasteiger partial charge in [0.2, 0.25) is 45.3 Å². The summed E-state index contributed by atoms with van der Waals surface area (Å²) in [4.78, 5) is 12.4. The number of fused-ring (bicyclic) bond motifs is 10. The summed E-state index contributed by atoms with van der Waals surface area (Å²) in [7, 11) is 0.477. The first-order valence-electron chi connectivity index (χ1n) is 43.2. The van der Waals surface area contributed by atoms with E-state index in [0.717, 1.165) is 134 Å². The molecule has 135 heavy (non-hydrogen) atoms. The number of aliphatic hydroxyl groups excluding tert-OH is 1. The van der Waals surface area contributed by atoms with Crippen molar-refractivity contribution in [1.29, 1.82) is 5.26 Å². The molecule has 6 unspecified atom stereocenters. The van der Waals surface area contributed by atoms with E-state index in [4.69, 9.17) is 105 Å². The number of rotatable bonds is 18. The van der Waals surface area contributed by atoms with Crippen LogP contribution in [-0.4, -0.2) is 236 Å². The van der Waals surface area contributed by atoms with Gasteiger partial charge in [0.25, 0.3) is 10.0 Å². The van der Waals surface area contributed by atoms with Gasteiger partial charge in [0, 0.05) is 114 Å². The van der Waals surface area contributed by atoms with Crippen molar-refractivity contribution in [1.82, 2.24) is 69.6 Å². The number of carbonyl (C=O) groups is 1. The van der Waals surface area contributed by atoms with Crippen molar-refractivity contribution in [3.63, 3.8) is 0 Å². The van der Waals surface area contributed by atoms with Crippen LogP contribution in [0.2, 0.25) is 10.0 Å². The molecule has 13 heterocycles. The molecule has 1 saturated heterocycles. The van der Waals surface area contributed by atoms with Crippen molar-refractivity contribution >= 4 is 123 Å². The number of nitriles is 1. The summed E-state index contributed by atoms with van der Waals surface area (Å²) >= 11 is 21.9. The Balaban J connectivity index is 0.000000178. The average Bonchev–Trinajstić information content (AvgIpc) is 1.64. The molecule has 0 spiro atoms. The fraction of sp³-hybridized carbons (Fsp3) is 0.553. The van der Waals surface area contributed by atoms with E-state index in [1.54, 1.807) is 77.9 Å². The van der Waals surface area contributed by atoms with Gasteiger partial charge in [0.1, 0.15) is 0 Å². The third kappa shape index (κ3) is 29.4. The standard InChI is InChI=1S/C21H26N4O5S.C15H16Cl2N2O5S.C12H15N.2C8H11BrN2O2.C8H13N3O4S.C7H10N2O2.C4H8O.C2H3N.BHNS.H3N.H2O/c1-29-11-13-10-25-20(30-12-13)18(9-22-25)31(27,28)24-21(26)23-19-16-6-2-4-14(16)8-15-5-3-7-17(15)19;1-9-3-11(16)4-12(17)14(9)24-25(20,21)13-5-18-19-6-10(7-22-2)8-23-15(13)19;13-12-10-5-1-3-8(10)7-9-4-2-6-11(9)12;2*1-12-4-6-3-11-8(13-5-6)7(9)2-10-11;1-14-4-6-3-11-8(15-5-6)7(2-10-11)16(9,12)13;10-4-6-3-9-7(11-5-6)1-2-8-9;1-2-4-5-3-1;2*1-2-3;;/h8-9,13H,2-7,10-12H2,1H3,(H2,23,24,26);3-5,10H,6-8H2,1-2H3;7H,1-6,13H2;2*2,6H,3-5H2,1H3;2,6H,3-5H2,1H3,(H2,9,12,13);1-2,6,10H,3-5H2;1-4H2;1H3;3H;1H3;1H2. The molecule has 741 valence electrons. The van der Waals surface area contributed by atoms with E-state index >= 15 is 0 Å². The van der Waals surface area contributed by atoms with Crippen LogP contribution in [0.1, 0.15) is 95.5 Å². The molecule has 1 radical (unpaired) electrons. The predicted molar refractivity (Wildman–Crippen MR) is 511 cm³/mol. The number of amides is 2. The summed E-state index contributed by atoms with van der Waals surface area (Å²) in [6.07, 6.45) is 24.9. The van der Waals surface area contributed by atoms with Gasteiger partial charge in [-0.15, -0.1) is 0 Å². The third-order valence-electron chi connectivity index (χ3n) is 22.6. The van der Waals surface area contributed by atoms with Crippen molar-refractivity contribution in [2.45, 2.75) is 158 Å². The molecule has 0 saturated carbocycles. The van der Waals surface area contributed by atoms with Gasteiger partial charge in [0.15, 0.2) is 20.4 Å². The number of nitrogen functional groups attached to an aromatic ring is 1. The molecule has 1 fully saturated rings. The van der Waals surface area contributed by atoms with Gasteiger partial charge in [-0.1, -0.05) is 35.3 Å². The number of thiol groups is 1. The maximum absolute atomic E-state index is 12.9. The van der Waals surface area contributed by atoms with Crippen molar-refractivity contribution in [3.8, 4) is 47.1 Å². The zero-order valence-corrected chi connectivity index (χ0v) is 84.4. The number of carbonyl (C=O) groups excluding carboxylic acids is 1. The van der Waals surface area contributed by atoms with Crippen molar-refractivity contribution in [2.24, 2.45) is 44.9 Å². The maximum atomic E-state index is 12.9. The Morgan fingerprint density at radius 1 is 0.563 bits per heavy atom. The van der Waals surface area contributed by atoms with E-state index in [-0.39, 0.29) is 85.0 Å². The number of methoxy groups -OCH3 is 5. The van der Waals surface area contributed by atoms with E-state index in [1.807, 2.05) is 15.4 Å². The summed E-state index contributed by atoms with van der Waals surface area (Å²) in [5, 5.41) is 49.1. The first-order chi connectivity index (χ1) is 64.0. The molecule has 41 nitrogen and oxygen atoms in total. The van der Waals surface area contributed by atoms with Gasteiger partial charge >= 0.3 is 40.9 Å². The number of nitrogens with two attached hydrogens (primary N) is 2. The number of aliphatic hydroxyl groups is 1. The molecule has 7 aliphatic heterocycles. The molecule has 6 aromatic heterocycles. The number of hydrogen-bond acceptors (Lipinski definition) is 32. The number of anilines is 2. The molecule has 0 bridgehead atoms. The molecule has 2 amide bonds. The summed E-state index contributed by atoms with van der Waals surface area (Å²) < 4.78 is 159. The fourth-order valence-corrected chi connectivity index (χ4v) is 20.8. The van der Waals surface area contributed by atoms with Crippen LogP contribution in [-0.2, 0) is 149 Å². The van der Waals surface area contributed by atoms with Crippen LogP contribution in [0.3, 0.4) is 0 Å². The zero-order chi connectivity index (χ0) is 95.5. The van der Waals surface area contributed by atoms with Gasteiger partial charge in [0.05, 0.1) is 176 Å². The number of aryl methyl sites for hydroxylation is 5. The minimum atomic E-state index is -4.17. The van der Waals surface area contributed by atoms with Crippen LogP contribution in [0.4, 0.5) is 16.2 Å². The van der Waals surface area contributed by atoms with Crippen LogP contribution in [0.15, 0.2) is 95.4 Å². The first-order valence-corrected chi connectivity index (χ1v) is 50.4. The second-order valence-corrected chi connectivity index (χ2v) is 40.1. The molecule has 12 N–H and O–H groups in total. The Morgan fingerprint density at radius 3 is 1.33 bits per heavy atom. The van der Waals surface area contributed by atoms with E-state index in [1.165, 1.54) is 130 Å². The number of benzene rings is 3. The van der Waals surface area contributed by atoms with Crippen LogP contribution in [0.5, 0.6) is 41.0 Å². The number of primary sulfonamides is 1. The van der Waals surface area contributed by atoms with Crippen LogP contribution in [0, 0.1) is 53.8 Å². The summed E-state index contributed by atoms with van der Waals surface area (Å²) in [5.74, 6) is 4.36. The minimum absolute atomic E-state index is 0.